The van der Waals surface area contributed by atoms with Crippen LogP contribution in [0.4, 0.5) is 4.39 Å². The van der Waals surface area contributed by atoms with Crippen LogP contribution in [0.1, 0.15) is 16.2 Å². The van der Waals surface area contributed by atoms with Gasteiger partial charge in [-0.1, -0.05) is 11.2 Å². The molecule has 0 radical (unpaired) electrons. The Bertz CT molecular complexity index is 551. The van der Waals surface area contributed by atoms with Crippen LogP contribution in [0.5, 0.6) is 0 Å². The quantitative estimate of drug-likeness (QED) is 0.839. The number of halogens is 1. The lowest BCUT2D eigenvalue weighted by molar-refractivity contribution is 0.0692. The number of benzene rings is 1. The van der Waals surface area contributed by atoms with Crippen LogP contribution in [0.3, 0.4) is 0 Å². The zero-order chi connectivity index (χ0) is 11.7. The van der Waals surface area contributed by atoms with Gasteiger partial charge in [-0.3, -0.25) is 0 Å². The molecule has 1 heterocycles. The number of aromatic nitrogens is 2. The number of aromatic carboxylic acids is 1. The summed E-state index contributed by atoms with van der Waals surface area (Å²) in [4.78, 5) is 14.8. The Morgan fingerprint density at radius 2 is 2.25 bits per heavy atom. The molecule has 0 atom stereocenters. The molecule has 0 aliphatic heterocycles. The van der Waals surface area contributed by atoms with E-state index >= 15 is 0 Å². The van der Waals surface area contributed by atoms with Crippen molar-refractivity contribution in [2.24, 2.45) is 0 Å². The normalized spacial score (nSPS) is 10.4. The zero-order valence-electron chi connectivity index (χ0n) is 8.27. The molecule has 0 fully saturated rings. The molecule has 5 nitrogen and oxygen atoms in total. The number of carboxylic acids is 1. The van der Waals surface area contributed by atoms with Gasteiger partial charge in [0.15, 0.2) is 5.82 Å². The van der Waals surface area contributed by atoms with Gasteiger partial charge in [0.05, 0.1) is 5.56 Å². The topological polar surface area (TPSA) is 76.2 Å². The summed E-state index contributed by atoms with van der Waals surface area (Å²) in [6, 6.07) is 3.87. The molecule has 2 rings (SSSR count). The smallest absolute Gasteiger partial charge is 0.339 e. The van der Waals surface area contributed by atoms with Crippen LogP contribution in [0, 0.1) is 12.7 Å². The highest BCUT2D eigenvalue weighted by Gasteiger charge is 2.20. The second kappa shape index (κ2) is 3.73. The molecule has 1 N–H and O–H groups in total. The second-order valence-corrected chi connectivity index (χ2v) is 3.11. The number of hydrogen-bond donors (Lipinski definition) is 1. The SMILES string of the molecule is Cc1noc(-c2cccc(F)c2C(=O)O)n1. The summed E-state index contributed by atoms with van der Waals surface area (Å²) in [5.74, 6) is -1.85. The molecular weight excluding hydrogens is 215 g/mol. The molecule has 0 saturated heterocycles. The van der Waals surface area contributed by atoms with Gasteiger partial charge in [-0.25, -0.2) is 9.18 Å². The van der Waals surface area contributed by atoms with Crippen molar-refractivity contribution in [3.63, 3.8) is 0 Å². The molecule has 0 aliphatic rings. The average molecular weight is 222 g/mol. The van der Waals surface area contributed by atoms with Gasteiger partial charge in [0.2, 0.25) is 0 Å². The molecule has 1 aromatic heterocycles. The van der Waals surface area contributed by atoms with Crippen molar-refractivity contribution in [3.05, 3.63) is 35.4 Å². The molecule has 82 valence electrons. The summed E-state index contributed by atoms with van der Waals surface area (Å²) in [6.45, 7) is 1.59. The molecule has 0 unspecified atom stereocenters. The molecule has 1 aromatic carbocycles. The molecule has 0 spiro atoms. The Morgan fingerprint density at radius 1 is 1.50 bits per heavy atom. The highest BCUT2D eigenvalue weighted by molar-refractivity contribution is 5.95. The molecule has 6 heteroatoms. The standard InChI is InChI=1S/C10H7FN2O3/c1-5-12-9(16-13-5)6-3-2-4-7(11)8(6)10(14)15/h2-4H,1H3,(H,14,15). The van der Waals surface area contributed by atoms with Crippen LogP contribution >= 0.6 is 0 Å². The van der Waals surface area contributed by atoms with Crippen LogP contribution in [0.15, 0.2) is 22.7 Å². The summed E-state index contributed by atoms with van der Waals surface area (Å²) in [6.07, 6.45) is 0. The van der Waals surface area contributed by atoms with Crippen LogP contribution in [-0.4, -0.2) is 21.2 Å². The van der Waals surface area contributed by atoms with Crippen molar-refractivity contribution in [2.45, 2.75) is 6.92 Å². The molecule has 0 amide bonds. The van der Waals surface area contributed by atoms with E-state index in [1.807, 2.05) is 0 Å². The van der Waals surface area contributed by atoms with Crippen molar-refractivity contribution in [1.29, 1.82) is 0 Å². The Labute approximate surface area is 89.5 Å². The minimum Gasteiger partial charge on any atom is -0.478 e. The van der Waals surface area contributed by atoms with Crippen LogP contribution in [0.2, 0.25) is 0 Å². The minimum absolute atomic E-state index is 0.00519. The number of rotatable bonds is 2. The predicted octanol–water partition coefficient (Wildman–Crippen LogP) is 1.88. The first-order chi connectivity index (χ1) is 7.59. The maximum atomic E-state index is 13.3. The molecule has 0 bridgehead atoms. The van der Waals surface area contributed by atoms with Crippen molar-refractivity contribution >= 4 is 5.97 Å². The number of nitrogens with zero attached hydrogens (tertiary/aromatic N) is 2. The van der Waals surface area contributed by atoms with Gasteiger partial charge in [-0.2, -0.15) is 4.98 Å². The number of carboxylic acid groups (broad SMARTS) is 1. The van der Waals surface area contributed by atoms with Crippen LogP contribution in [0.25, 0.3) is 11.5 Å². The van der Waals surface area contributed by atoms with E-state index in [-0.39, 0.29) is 11.5 Å². The summed E-state index contributed by atoms with van der Waals surface area (Å²) in [5.41, 5.74) is -0.390. The second-order valence-electron chi connectivity index (χ2n) is 3.11. The largest absolute Gasteiger partial charge is 0.478 e. The Morgan fingerprint density at radius 3 is 2.81 bits per heavy atom. The Kier molecular flexibility index (Phi) is 2.40. The third kappa shape index (κ3) is 1.65. The zero-order valence-corrected chi connectivity index (χ0v) is 8.27. The number of aryl methyl sites for hydroxylation is 1. The maximum absolute atomic E-state index is 13.3. The average Bonchev–Trinajstić information content (AvgIpc) is 2.63. The van der Waals surface area contributed by atoms with E-state index in [9.17, 15) is 9.18 Å². The van der Waals surface area contributed by atoms with Gasteiger partial charge in [0, 0.05) is 0 Å². The summed E-state index contributed by atoms with van der Waals surface area (Å²) >= 11 is 0. The van der Waals surface area contributed by atoms with Gasteiger partial charge in [0.25, 0.3) is 5.89 Å². The third-order valence-corrected chi connectivity index (χ3v) is 1.99. The third-order valence-electron chi connectivity index (χ3n) is 1.99. The molecular formula is C10H7FN2O3. The fourth-order valence-electron chi connectivity index (χ4n) is 1.33. The van der Waals surface area contributed by atoms with E-state index in [0.717, 1.165) is 6.07 Å². The van der Waals surface area contributed by atoms with Crippen molar-refractivity contribution < 1.29 is 18.8 Å². The van der Waals surface area contributed by atoms with Crippen molar-refractivity contribution in [1.82, 2.24) is 10.1 Å². The number of hydrogen-bond acceptors (Lipinski definition) is 4. The fourth-order valence-corrected chi connectivity index (χ4v) is 1.33. The predicted molar refractivity (Wildman–Crippen MR) is 51.4 cm³/mol. The Hall–Kier alpha value is -2.24. The lowest BCUT2D eigenvalue weighted by Gasteiger charge is -2.01. The summed E-state index contributed by atoms with van der Waals surface area (Å²) in [5, 5.41) is 12.4. The molecule has 0 saturated carbocycles. The van der Waals surface area contributed by atoms with Crippen LogP contribution < -0.4 is 0 Å². The summed E-state index contributed by atoms with van der Waals surface area (Å²) in [7, 11) is 0. The Balaban J connectivity index is 2.65. The first kappa shape index (κ1) is 10.3. The van der Waals surface area contributed by atoms with Crippen molar-refractivity contribution in [2.75, 3.05) is 0 Å². The highest BCUT2D eigenvalue weighted by Crippen LogP contribution is 2.24. The first-order valence-electron chi connectivity index (χ1n) is 4.42. The minimum atomic E-state index is -1.37. The first-order valence-corrected chi connectivity index (χ1v) is 4.42. The molecule has 16 heavy (non-hydrogen) atoms. The lowest BCUT2D eigenvalue weighted by Crippen LogP contribution is -2.03. The lowest BCUT2D eigenvalue weighted by atomic mass is 10.1. The monoisotopic (exact) mass is 222 g/mol. The van der Waals surface area contributed by atoms with Gasteiger partial charge in [-0.15, -0.1) is 0 Å². The molecule has 2 aromatic rings. The van der Waals surface area contributed by atoms with E-state index in [2.05, 4.69) is 10.1 Å². The summed E-state index contributed by atoms with van der Waals surface area (Å²) < 4.78 is 18.1. The number of carbonyl (C=O) groups is 1. The van der Waals surface area contributed by atoms with Gasteiger partial charge in [0.1, 0.15) is 11.4 Å². The van der Waals surface area contributed by atoms with E-state index in [4.69, 9.17) is 9.63 Å². The van der Waals surface area contributed by atoms with E-state index < -0.39 is 17.3 Å². The van der Waals surface area contributed by atoms with Gasteiger partial charge >= 0.3 is 5.97 Å². The maximum Gasteiger partial charge on any atom is 0.339 e. The van der Waals surface area contributed by atoms with Gasteiger partial charge < -0.3 is 9.63 Å². The van der Waals surface area contributed by atoms with Crippen molar-refractivity contribution in [3.8, 4) is 11.5 Å². The van der Waals surface area contributed by atoms with E-state index in [1.165, 1.54) is 12.1 Å². The van der Waals surface area contributed by atoms with E-state index in [1.54, 1.807) is 6.92 Å². The highest BCUT2D eigenvalue weighted by atomic mass is 19.1. The fraction of sp³-hybridized carbons (Fsp3) is 0.100. The van der Waals surface area contributed by atoms with E-state index in [0.29, 0.717) is 5.82 Å². The van der Waals surface area contributed by atoms with Gasteiger partial charge in [-0.05, 0) is 19.1 Å². The van der Waals surface area contributed by atoms with Crippen LogP contribution in [-0.2, 0) is 0 Å². The molecule has 0 aliphatic carbocycles.